The Bertz CT molecular complexity index is 725. The van der Waals surface area contributed by atoms with E-state index in [4.69, 9.17) is 9.15 Å². The van der Waals surface area contributed by atoms with E-state index < -0.39 is 0 Å². The molecule has 154 valence electrons. The van der Waals surface area contributed by atoms with Gasteiger partial charge in [-0.05, 0) is 43.9 Å². The average Bonchev–Trinajstić information content (AvgIpc) is 3.15. The molecule has 0 aliphatic rings. The van der Waals surface area contributed by atoms with Crippen LogP contribution < -0.4 is 10.1 Å². The highest BCUT2D eigenvalue weighted by molar-refractivity contribution is 5.91. The number of nitrogens with one attached hydrogen (secondary N) is 1. The van der Waals surface area contributed by atoms with Gasteiger partial charge in [-0.3, -0.25) is 9.69 Å². The lowest BCUT2D eigenvalue weighted by Gasteiger charge is -2.27. The average molecular weight is 388 g/mol. The molecule has 0 saturated heterocycles. The molecule has 0 saturated carbocycles. The number of carbonyl (C=O) groups excluding carboxylic acids is 1. The second kappa shape index (κ2) is 10.9. The van der Waals surface area contributed by atoms with Gasteiger partial charge in [-0.15, -0.1) is 0 Å². The number of oxazole rings is 1. The maximum absolute atomic E-state index is 12.2. The number of aromatic nitrogens is 1. The van der Waals surface area contributed by atoms with Crippen LogP contribution in [-0.4, -0.2) is 35.0 Å². The van der Waals surface area contributed by atoms with Gasteiger partial charge in [0.05, 0.1) is 13.2 Å². The highest BCUT2D eigenvalue weighted by Gasteiger charge is 2.18. The number of ether oxygens (including phenoxy) is 1. The number of hydrogen-bond acceptors (Lipinski definition) is 5. The number of amides is 1. The zero-order valence-electron chi connectivity index (χ0n) is 17.7. The molecule has 2 aromatic rings. The Kier molecular flexibility index (Phi) is 8.51. The van der Waals surface area contributed by atoms with Gasteiger partial charge in [0.2, 0.25) is 5.89 Å². The van der Waals surface area contributed by atoms with Crippen molar-refractivity contribution < 1.29 is 13.9 Å². The number of nitrogens with zero attached hydrogens (tertiary/aromatic N) is 2. The van der Waals surface area contributed by atoms with Crippen LogP contribution in [0, 0.1) is 5.92 Å². The summed E-state index contributed by atoms with van der Waals surface area (Å²) < 4.78 is 11.1. The molecule has 1 atom stereocenters. The minimum Gasteiger partial charge on any atom is -0.494 e. The molecule has 1 aromatic heterocycles. The quantitative estimate of drug-likeness (QED) is 0.624. The third kappa shape index (κ3) is 6.68. The van der Waals surface area contributed by atoms with E-state index >= 15 is 0 Å². The highest BCUT2D eigenvalue weighted by Crippen LogP contribution is 2.18. The second-order valence-corrected chi connectivity index (χ2v) is 7.47. The van der Waals surface area contributed by atoms with Crippen LogP contribution in [-0.2, 0) is 13.1 Å². The van der Waals surface area contributed by atoms with Crippen LogP contribution in [0.3, 0.4) is 0 Å². The molecule has 1 unspecified atom stereocenters. The smallest absolute Gasteiger partial charge is 0.273 e. The van der Waals surface area contributed by atoms with Crippen LogP contribution >= 0.6 is 0 Å². The SMILES string of the molecule is CCOc1ccc(CN(Cc2nc(C(=O)NCC(C)C)co2)C(C)CC)cc1. The molecule has 6 nitrogen and oxygen atoms in total. The summed E-state index contributed by atoms with van der Waals surface area (Å²) in [4.78, 5) is 18.8. The maximum atomic E-state index is 12.2. The van der Waals surface area contributed by atoms with E-state index in [9.17, 15) is 4.79 Å². The van der Waals surface area contributed by atoms with E-state index in [1.165, 1.54) is 11.8 Å². The van der Waals surface area contributed by atoms with Crippen molar-refractivity contribution in [3.63, 3.8) is 0 Å². The van der Waals surface area contributed by atoms with Gasteiger partial charge in [0.25, 0.3) is 5.91 Å². The lowest BCUT2D eigenvalue weighted by Crippen LogP contribution is -2.32. The topological polar surface area (TPSA) is 67.6 Å². The van der Waals surface area contributed by atoms with Crippen LogP contribution in [0.1, 0.15) is 63.0 Å². The van der Waals surface area contributed by atoms with Gasteiger partial charge in [0, 0.05) is 19.1 Å². The summed E-state index contributed by atoms with van der Waals surface area (Å²) in [6.45, 7) is 13.1. The van der Waals surface area contributed by atoms with Crippen LogP contribution in [0.15, 0.2) is 34.9 Å². The molecule has 0 bridgehead atoms. The molecule has 1 heterocycles. The fourth-order valence-electron chi connectivity index (χ4n) is 2.77. The molecule has 6 heteroatoms. The standard InChI is InChI=1S/C22H33N3O3/c1-6-17(5)25(13-18-8-10-19(11-9-18)27-7-2)14-21-24-20(15-28-21)22(26)23-12-16(3)4/h8-11,15-17H,6-7,12-14H2,1-5H3,(H,23,26). The Morgan fingerprint density at radius 1 is 1.18 bits per heavy atom. The zero-order valence-corrected chi connectivity index (χ0v) is 17.7. The monoisotopic (exact) mass is 387 g/mol. The van der Waals surface area contributed by atoms with Crippen LogP contribution in [0.25, 0.3) is 0 Å². The van der Waals surface area contributed by atoms with Gasteiger partial charge in [-0.2, -0.15) is 0 Å². The summed E-state index contributed by atoms with van der Waals surface area (Å²) in [6.07, 6.45) is 2.45. The summed E-state index contributed by atoms with van der Waals surface area (Å²) in [5.41, 5.74) is 1.53. The third-order valence-corrected chi connectivity index (χ3v) is 4.63. The number of benzene rings is 1. The van der Waals surface area contributed by atoms with E-state index in [1.54, 1.807) is 0 Å². The minimum absolute atomic E-state index is 0.190. The molecule has 1 N–H and O–H groups in total. The van der Waals surface area contributed by atoms with Crippen molar-refractivity contribution in [3.8, 4) is 5.75 Å². The van der Waals surface area contributed by atoms with E-state index in [1.807, 2.05) is 19.1 Å². The predicted molar refractivity (Wildman–Crippen MR) is 110 cm³/mol. The van der Waals surface area contributed by atoms with Gasteiger partial charge in [-0.1, -0.05) is 32.9 Å². The summed E-state index contributed by atoms with van der Waals surface area (Å²) in [5, 5.41) is 2.87. The first kappa shape index (κ1) is 22.0. The summed E-state index contributed by atoms with van der Waals surface area (Å²) >= 11 is 0. The van der Waals surface area contributed by atoms with Gasteiger partial charge in [-0.25, -0.2) is 4.98 Å². The molecule has 28 heavy (non-hydrogen) atoms. The molecule has 0 aliphatic carbocycles. The molecule has 0 aliphatic heterocycles. The number of carbonyl (C=O) groups is 1. The van der Waals surface area contributed by atoms with Crippen molar-refractivity contribution in [3.05, 3.63) is 47.7 Å². The predicted octanol–water partition coefficient (Wildman–Crippen LogP) is 4.26. The molecular weight excluding hydrogens is 354 g/mol. The maximum Gasteiger partial charge on any atom is 0.273 e. The highest BCUT2D eigenvalue weighted by atomic mass is 16.5. The summed E-state index contributed by atoms with van der Waals surface area (Å²) in [5.74, 6) is 1.64. The van der Waals surface area contributed by atoms with Crippen LogP contribution in [0.2, 0.25) is 0 Å². The molecular formula is C22H33N3O3. The normalized spacial score (nSPS) is 12.4. The lowest BCUT2D eigenvalue weighted by atomic mass is 10.1. The first-order chi connectivity index (χ1) is 13.4. The van der Waals surface area contributed by atoms with E-state index in [0.717, 1.165) is 18.7 Å². The largest absolute Gasteiger partial charge is 0.494 e. The number of rotatable bonds is 11. The van der Waals surface area contributed by atoms with Crippen molar-refractivity contribution in [2.75, 3.05) is 13.2 Å². The molecule has 0 radical (unpaired) electrons. The van der Waals surface area contributed by atoms with E-state index in [2.05, 4.69) is 55.0 Å². The van der Waals surface area contributed by atoms with E-state index in [-0.39, 0.29) is 5.91 Å². The Balaban J connectivity index is 2.03. The summed E-state index contributed by atoms with van der Waals surface area (Å²) in [6, 6.07) is 8.52. The molecule has 0 fully saturated rings. The third-order valence-electron chi connectivity index (χ3n) is 4.63. The Morgan fingerprint density at radius 2 is 1.89 bits per heavy atom. The number of hydrogen-bond donors (Lipinski definition) is 1. The molecule has 1 amide bonds. The molecule has 0 spiro atoms. The Morgan fingerprint density at radius 3 is 2.50 bits per heavy atom. The van der Waals surface area contributed by atoms with Crippen molar-refractivity contribution in [2.24, 2.45) is 5.92 Å². The zero-order chi connectivity index (χ0) is 20.5. The second-order valence-electron chi connectivity index (χ2n) is 7.47. The molecule has 2 rings (SSSR count). The lowest BCUT2D eigenvalue weighted by molar-refractivity contribution is 0.0944. The molecule has 1 aromatic carbocycles. The van der Waals surface area contributed by atoms with Crippen molar-refractivity contribution in [2.45, 2.75) is 60.2 Å². The van der Waals surface area contributed by atoms with Crippen LogP contribution in [0.5, 0.6) is 5.75 Å². The van der Waals surface area contributed by atoms with Crippen molar-refractivity contribution in [1.29, 1.82) is 0 Å². The van der Waals surface area contributed by atoms with Gasteiger partial charge < -0.3 is 14.5 Å². The van der Waals surface area contributed by atoms with Gasteiger partial charge >= 0.3 is 0 Å². The van der Waals surface area contributed by atoms with Gasteiger partial charge in [0.15, 0.2) is 5.69 Å². The first-order valence-corrected chi connectivity index (χ1v) is 10.1. The van der Waals surface area contributed by atoms with Crippen molar-refractivity contribution >= 4 is 5.91 Å². The minimum atomic E-state index is -0.190. The summed E-state index contributed by atoms with van der Waals surface area (Å²) in [7, 11) is 0. The van der Waals surface area contributed by atoms with E-state index in [0.29, 0.717) is 43.2 Å². The Hall–Kier alpha value is -2.34. The fraction of sp³-hybridized carbons (Fsp3) is 0.545. The van der Waals surface area contributed by atoms with Crippen molar-refractivity contribution in [1.82, 2.24) is 15.2 Å². The Labute approximate surface area is 168 Å². The van der Waals surface area contributed by atoms with Gasteiger partial charge in [0.1, 0.15) is 12.0 Å². The van der Waals surface area contributed by atoms with Crippen LogP contribution in [0.4, 0.5) is 0 Å². The fourth-order valence-corrected chi connectivity index (χ4v) is 2.77. The first-order valence-electron chi connectivity index (χ1n) is 10.1.